The molecule has 4 heteroatoms. The summed E-state index contributed by atoms with van der Waals surface area (Å²) in [6.07, 6.45) is 0. The molecule has 0 aromatic carbocycles. The van der Waals surface area contributed by atoms with Gasteiger partial charge >= 0.3 is 0 Å². The number of hydrogen-bond acceptors (Lipinski definition) is 3. The van der Waals surface area contributed by atoms with Gasteiger partial charge in [0.25, 0.3) is 0 Å². The zero-order valence-electron chi connectivity index (χ0n) is 9.29. The summed E-state index contributed by atoms with van der Waals surface area (Å²) in [6, 6.07) is -0.0906. The fourth-order valence-corrected chi connectivity index (χ4v) is 0.914. The van der Waals surface area contributed by atoms with Crippen molar-refractivity contribution in [1.29, 1.82) is 0 Å². The van der Waals surface area contributed by atoms with E-state index in [9.17, 15) is 4.79 Å². The molecule has 0 aliphatic carbocycles. The number of nitrogens with zero attached hydrogens (tertiary/aromatic N) is 2. The quantitative estimate of drug-likeness (QED) is 0.637. The van der Waals surface area contributed by atoms with Crippen molar-refractivity contribution in [3.63, 3.8) is 0 Å². The van der Waals surface area contributed by atoms with Crippen molar-refractivity contribution in [2.75, 3.05) is 41.3 Å². The van der Waals surface area contributed by atoms with E-state index in [-0.39, 0.29) is 11.9 Å². The second-order valence-corrected chi connectivity index (χ2v) is 3.57. The SMILES string of the molecule is CNC(C)C(=O)N(C)CCN(C)C. The van der Waals surface area contributed by atoms with Crippen LogP contribution in [0.3, 0.4) is 0 Å². The molecule has 0 aromatic rings. The van der Waals surface area contributed by atoms with E-state index in [4.69, 9.17) is 0 Å². The molecule has 0 aliphatic rings. The fourth-order valence-electron chi connectivity index (χ4n) is 0.914. The first-order valence-electron chi connectivity index (χ1n) is 4.56. The van der Waals surface area contributed by atoms with Gasteiger partial charge in [0.15, 0.2) is 0 Å². The third-order valence-corrected chi connectivity index (χ3v) is 2.06. The van der Waals surface area contributed by atoms with Crippen LogP contribution < -0.4 is 5.32 Å². The second kappa shape index (κ2) is 5.94. The number of nitrogens with one attached hydrogen (secondary N) is 1. The molecule has 0 aromatic heterocycles. The van der Waals surface area contributed by atoms with Crippen LogP contribution in [0.4, 0.5) is 0 Å². The van der Waals surface area contributed by atoms with Crippen LogP contribution in [0, 0.1) is 0 Å². The zero-order chi connectivity index (χ0) is 10.4. The molecule has 0 saturated heterocycles. The molecular formula is C9H21N3O. The van der Waals surface area contributed by atoms with Crippen molar-refractivity contribution in [3.8, 4) is 0 Å². The molecule has 0 saturated carbocycles. The van der Waals surface area contributed by atoms with E-state index in [0.717, 1.165) is 13.1 Å². The Labute approximate surface area is 80.9 Å². The van der Waals surface area contributed by atoms with Crippen molar-refractivity contribution < 1.29 is 4.79 Å². The molecule has 0 rings (SSSR count). The van der Waals surface area contributed by atoms with Crippen molar-refractivity contribution in [2.24, 2.45) is 0 Å². The molecule has 0 fully saturated rings. The van der Waals surface area contributed by atoms with Gasteiger partial charge in [-0.15, -0.1) is 0 Å². The predicted molar refractivity (Wildman–Crippen MR) is 54.7 cm³/mol. The van der Waals surface area contributed by atoms with Gasteiger partial charge in [-0.3, -0.25) is 4.79 Å². The van der Waals surface area contributed by atoms with Gasteiger partial charge in [-0.05, 0) is 28.1 Å². The molecule has 0 radical (unpaired) electrons. The maximum absolute atomic E-state index is 11.5. The van der Waals surface area contributed by atoms with Gasteiger partial charge < -0.3 is 15.1 Å². The Morgan fingerprint density at radius 1 is 1.31 bits per heavy atom. The molecule has 0 bridgehead atoms. The Kier molecular flexibility index (Phi) is 5.66. The number of likely N-dealkylation sites (N-methyl/N-ethyl adjacent to an activating group) is 3. The van der Waals surface area contributed by atoms with Crippen LogP contribution in [-0.4, -0.2) is 63.0 Å². The summed E-state index contributed by atoms with van der Waals surface area (Å²) in [5.74, 6) is 0.143. The maximum Gasteiger partial charge on any atom is 0.239 e. The minimum Gasteiger partial charge on any atom is -0.343 e. The summed E-state index contributed by atoms with van der Waals surface area (Å²) in [4.78, 5) is 15.3. The Balaban J connectivity index is 3.82. The average Bonchev–Trinajstić information content (AvgIpc) is 2.11. The number of hydrogen-bond donors (Lipinski definition) is 1. The highest BCUT2D eigenvalue weighted by molar-refractivity contribution is 5.81. The average molecular weight is 187 g/mol. The first-order valence-corrected chi connectivity index (χ1v) is 4.56. The molecule has 0 aliphatic heterocycles. The molecule has 1 N–H and O–H groups in total. The van der Waals surface area contributed by atoms with E-state index in [0.29, 0.717) is 0 Å². The lowest BCUT2D eigenvalue weighted by Crippen LogP contribution is -2.43. The fraction of sp³-hybridized carbons (Fsp3) is 0.889. The number of amides is 1. The summed E-state index contributed by atoms with van der Waals surface area (Å²) in [6.45, 7) is 3.55. The van der Waals surface area contributed by atoms with E-state index >= 15 is 0 Å². The molecular weight excluding hydrogens is 166 g/mol. The van der Waals surface area contributed by atoms with Gasteiger partial charge in [0.05, 0.1) is 6.04 Å². The van der Waals surface area contributed by atoms with Crippen LogP contribution in [-0.2, 0) is 4.79 Å². The monoisotopic (exact) mass is 187 g/mol. The number of carbonyl (C=O) groups is 1. The van der Waals surface area contributed by atoms with Crippen LogP contribution in [0.15, 0.2) is 0 Å². The molecule has 1 amide bonds. The first kappa shape index (κ1) is 12.4. The number of rotatable bonds is 5. The Morgan fingerprint density at radius 2 is 1.85 bits per heavy atom. The lowest BCUT2D eigenvalue weighted by Gasteiger charge is -2.22. The van der Waals surface area contributed by atoms with Crippen LogP contribution in [0.5, 0.6) is 0 Å². The van der Waals surface area contributed by atoms with Crippen molar-refractivity contribution in [3.05, 3.63) is 0 Å². The summed E-state index contributed by atoms with van der Waals surface area (Å²) in [7, 11) is 7.63. The van der Waals surface area contributed by atoms with E-state index < -0.39 is 0 Å². The summed E-state index contributed by atoms with van der Waals surface area (Å²) in [5, 5.41) is 2.93. The van der Waals surface area contributed by atoms with Crippen molar-refractivity contribution in [1.82, 2.24) is 15.1 Å². The van der Waals surface area contributed by atoms with Gasteiger partial charge in [-0.2, -0.15) is 0 Å². The van der Waals surface area contributed by atoms with Crippen LogP contribution >= 0.6 is 0 Å². The predicted octanol–water partition coefficient (Wildman–Crippen LogP) is -0.386. The van der Waals surface area contributed by atoms with E-state index in [1.165, 1.54) is 0 Å². The lowest BCUT2D eigenvalue weighted by molar-refractivity contribution is -0.131. The minimum atomic E-state index is -0.0906. The second-order valence-electron chi connectivity index (χ2n) is 3.57. The molecule has 13 heavy (non-hydrogen) atoms. The summed E-state index contributed by atoms with van der Waals surface area (Å²) >= 11 is 0. The maximum atomic E-state index is 11.5. The largest absolute Gasteiger partial charge is 0.343 e. The van der Waals surface area contributed by atoms with Gasteiger partial charge in [-0.25, -0.2) is 0 Å². The first-order chi connectivity index (χ1) is 5.99. The molecule has 4 nitrogen and oxygen atoms in total. The van der Waals surface area contributed by atoms with Crippen molar-refractivity contribution >= 4 is 5.91 Å². The van der Waals surface area contributed by atoms with Crippen LogP contribution in [0.25, 0.3) is 0 Å². The normalized spacial score (nSPS) is 13.1. The summed E-state index contributed by atoms with van der Waals surface area (Å²) < 4.78 is 0. The smallest absolute Gasteiger partial charge is 0.239 e. The van der Waals surface area contributed by atoms with E-state index in [1.807, 2.05) is 28.1 Å². The topological polar surface area (TPSA) is 35.6 Å². The van der Waals surface area contributed by atoms with Crippen LogP contribution in [0.2, 0.25) is 0 Å². The summed E-state index contributed by atoms with van der Waals surface area (Å²) in [5.41, 5.74) is 0. The molecule has 0 heterocycles. The highest BCUT2D eigenvalue weighted by atomic mass is 16.2. The molecule has 1 unspecified atom stereocenters. The van der Waals surface area contributed by atoms with Gasteiger partial charge in [-0.1, -0.05) is 0 Å². The van der Waals surface area contributed by atoms with E-state index in [1.54, 1.807) is 11.9 Å². The van der Waals surface area contributed by atoms with Gasteiger partial charge in [0.1, 0.15) is 0 Å². The number of carbonyl (C=O) groups excluding carboxylic acids is 1. The molecule has 0 spiro atoms. The Bertz CT molecular complexity index is 159. The van der Waals surface area contributed by atoms with Crippen molar-refractivity contribution in [2.45, 2.75) is 13.0 Å². The van der Waals surface area contributed by atoms with Gasteiger partial charge in [0.2, 0.25) is 5.91 Å². The standard InChI is InChI=1S/C9H21N3O/c1-8(10-2)9(13)12(5)7-6-11(3)4/h8,10H,6-7H2,1-5H3. The lowest BCUT2D eigenvalue weighted by atomic mass is 10.3. The highest BCUT2D eigenvalue weighted by Gasteiger charge is 2.14. The highest BCUT2D eigenvalue weighted by Crippen LogP contribution is 1.91. The third-order valence-electron chi connectivity index (χ3n) is 2.06. The third kappa shape index (κ3) is 4.85. The van der Waals surface area contributed by atoms with E-state index in [2.05, 4.69) is 10.2 Å². The van der Waals surface area contributed by atoms with Gasteiger partial charge in [0, 0.05) is 20.1 Å². The molecule has 1 atom stereocenters. The van der Waals surface area contributed by atoms with Crippen LogP contribution in [0.1, 0.15) is 6.92 Å². The molecule has 78 valence electrons. The minimum absolute atomic E-state index is 0.0906. The zero-order valence-corrected chi connectivity index (χ0v) is 9.29. The Hall–Kier alpha value is -0.610. The Morgan fingerprint density at radius 3 is 2.23 bits per heavy atom.